The molecule has 1 saturated carbocycles. The monoisotopic (exact) mass is 251 g/mol. The first kappa shape index (κ1) is 13.0. The molecule has 1 aliphatic rings. The van der Waals surface area contributed by atoms with Crippen molar-refractivity contribution in [2.75, 3.05) is 21.3 Å². The molecule has 0 N–H and O–H groups in total. The zero-order valence-corrected chi connectivity index (χ0v) is 11.4. The van der Waals surface area contributed by atoms with Gasteiger partial charge >= 0.3 is 0 Å². The summed E-state index contributed by atoms with van der Waals surface area (Å²) in [6.45, 7) is 0. The lowest BCUT2D eigenvalue weighted by atomic mass is 9.86. The Balaban J connectivity index is 2.40. The molecule has 4 heteroatoms. The van der Waals surface area contributed by atoms with Gasteiger partial charge < -0.3 is 14.2 Å². The van der Waals surface area contributed by atoms with Crippen LogP contribution >= 0.6 is 0 Å². The largest absolute Gasteiger partial charge is 0.491 e. The maximum Gasteiger partial charge on any atom is 0.206 e. The second-order valence-corrected chi connectivity index (χ2v) is 4.61. The maximum absolute atomic E-state index is 5.50. The van der Waals surface area contributed by atoms with Crippen LogP contribution < -0.4 is 14.2 Å². The molecule has 0 spiro atoms. The summed E-state index contributed by atoms with van der Waals surface area (Å²) in [6.07, 6.45) is 7.95. The molecule has 0 aliphatic heterocycles. The Morgan fingerprint density at radius 2 is 1.61 bits per heavy atom. The zero-order chi connectivity index (χ0) is 13.0. The summed E-state index contributed by atoms with van der Waals surface area (Å²) in [4.78, 5) is 4.52. The van der Waals surface area contributed by atoms with Crippen LogP contribution in [0.4, 0.5) is 0 Å². The van der Waals surface area contributed by atoms with Crippen LogP contribution in [-0.2, 0) is 0 Å². The lowest BCUT2D eigenvalue weighted by Crippen LogP contribution is -2.09. The number of nitrogens with zero attached hydrogens (tertiary/aromatic N) is 1. The van der Waals surface area contributed by atoms with Gasteiger partial charge in [0.05, 0.1) is 33.2 Å². The highest BCUT2D eigenvalue weighted by molar-refractivity contribution is 5.53. The molecule has 0 atom stereocenters. The Morgan fingerprint density at radius 1 is 0.944 bits per heavy atom. The van der Waals surface area contributed by atoms with Gasteiger partial charge in [0.15, 0.2) is 11.5 Å². The van der Waals surface area contributed by atoms with Gasteiger partial charge in [-0.2, -0.15) is 0 Å². The number of hydrogen-bond acceptors (Lipinski definition) is 4. The van der Waals surface area contributed by atoms with E-state index in [4.69, 9.17) is 14.2 Å². The van der Waals surface area contributed by atoms with E-state index in [2.05, 4.69) is 4.98 Å². The van der Waals surface area contributed by atoms with Gasteiger partial charge in [-0.25, -0.2) is 0 Å². The normalized spacial score (nSPS) is 16.4. The molecule has 1 aromatic rings. The molecular formula is C14H21NO3. The molecule has 1 aromatic heterocycles. The van der Waals surface area contributed by atoms with E-state index in [9.17, 15) is 0 Å². The van der Waals surface area contributed by atoms with Crippen molar-refractivity contribution < 1.29 is 14.2 Å². The van der Waals surface area contributed by atoms with Crippen molar-refractivity contribution in [3.8, 4) is 17.2 Å². The topological polar surface area (TPSA) is 40.6 Å². The standard InChI is InChI=1S/C14H21NO3/c1-16-11-9-15-12(10-7-5-4-6-8-10)14(18-3)13(11)17-2/h9-10H,4-8H2,1-3H3. The minimum atomic E-state index is 0.480. The van der Waals surface area contributed by atoms with Crippen LogP contribution in [0.5, 0.6) is 17.2 Å². The number of methoxy groups -OCH3 is 3. The highest BCUT2D eigenvalue weighted by atomic mass is 16.5. The predicted octanol–water partition coefficient (Wildman–Crippen LogP) is 3.16. The Labute approximate surface area is 108 Å². The number of aromatic nitrogens is 1. The summed E-state index contributed by atoms with van der Waals surface area (Å²) in [5, 5.41) is 0. The van der Waals surface area contributed by atoms with Crippen LogP contribution in [0.1, 0.15) is 43.7 Å². The van der Waals surface area contributed by atoms with Gasteiger partial charge in [-0.1, -0.05) is 19.3 Å². The van der Waals surface area contributed by atoms with Crippen molar-refractivity contribution >= 4 is 0 Å². The number of rotatable bonds is 4. The quantitative estimate of drug-likeness (QED) is 0.824. The molecular weight excluding hydrogens is 230 g/mol. The highest BCUT2D eigenvalue weighted by Gasteiger charge is 2.25. The fourth-order valence-electron chi connectivity index (χ4n) is 2.68. The van der Waals surface area contributed by atoms with Gasteiger partial charge in [-0.05, 0) is 12.8 Å². The molecule has 0 amide bonds. The van der Waals surface area contributed by atoms with Crippen LogP contribution in [0.3, 0.4) is 0 Å². The van der Waals surface area contributed by atoms with Gasteiger partial charge in [0.25, 0.3) is 0 Å². The molecule has 100 valence electrons. The Bertz CT molecular complexity index is 400. The fourth-order valence-corrected chi connectivity index (χ4v) is 2.68. The summed E-state index contributed by atoms with van der Waals surface area (Å²) in [5.41, 5.74) is 1.01. The summed E-state index contributed by atoms with van der Waals surface area (Å²) in [6, 6.07) is 0. The van der Waals surface area contributed by atoms with Crippen LogP contribution in [-0.4, -0.2) is 26.3 Å². The molecule has 0 unspecified atom stereocenters. The second-order valence-electron chi connectivity index (χ2n) is 4.61. The molecule has 0 radical (unpaired) electrons. The van der Waals surface area contributed by atoms with E-state index in [1.807, 2.05) is 0 Å². The van der Waals surface area contributed by atoms with Crippen molar-refractivity contribution in [2.24, 2.45) is 0 Å². The number of ether oxygens (including phenoxy) is 3. The maximum atomic E-state index is 5.50. The van der Waals surface area contributed by atoms with Gasteiger partial charge in [0, 0.05) is 5.92 Å². The summed E-state index contributed by atoms with van der Waals surface area (Å²) in [7, 11) is 4.90. The third kappa shape index (κ3) is 2.37. The van der Waals surface area contributed by atoms with Crippen LogP contribution in [0.25, 0.3) is 0 Å². The van der Waals surface area contributed by atoms with Crippen molar-refractivity contribution in [3.63, 3.8) is 0 Å². The van der Waals surface area contributed by atoms with Crippen molar-refractivity contribution in [2.45, 2.75) is 38.0 Å². The summed E-state index contributed by atoms with van der Waals surface area (Å²) >= 11 is 0. The number of pyridine rings is 1. The minimum absolute atomic E-state index is 0.480. The van der Waals surface area contributed by atoms with Crippen molar-refractivity contribution in [3.05, 3.63) is 11.9 Å². The molecule has 1 aliphatic carbocycles. The molecule has 1 heterocycles. The van der Waals surface area contributed by atoms with Crippen LogP contribution in [0.2, 0.25) is 0 Å². The lowest BCUT2D eigenvalue weighted by Gasteiger charge is -2.24. The van der Waals surface area contributed by atoms with E-state index >= 15 is 0 Å². The SMILES string of the molecule is COc1cnc(C2CCCCC2)c(OC)c1OC. The Hall–Kier alpha value is -1.45. The molecule has 1 fully saturated rings. The zero-order valence-electron chi connectivity index (χ0n) is 11.4. The van der Waals surface area contributed by atoms with E-state index in [0.717, 1.165) is 11.4 Å². The third-order valence-corrected chi connectivity index (χ3v) is 3.60. The van der Waals surface area contributed by atoms with E-state index < -0.39 is 0 Å². The number of hydrogen-bond donors (Lipinski definition) is 0. The van der Waals surface area contributed by atoms with Gasteiger partial charge in [0.1, 0.15) is 0 Å². The minimum Gasteiger partial charge on any atom is -0.491 e. The molecule has 4 nitrogen and oxygen atoms in total. The van der Waals surface area contributed by atoms with Crippen LogP contribution in [0, 0.1) is 0 Å². The van der Waals surface area contributed by atoms with Gasteiger partial charge in [-0.15, -0.1) is 0 Å². The van der Waals surface area contributed by atoms with E-state index in [1.54, 1.807) is 27.5 Å². The Morgan fingerprint density at radius 3 is 2.17 bits per heavy atom. The predicted molar refractivity (Wildman–Crippen MR) is 69.7 cm³/mol. The first-order valence-corrected chi connectivity index (χ1v) is 6.46. The van der Waals surface area contributed by atoms with Crippen molar-refractivity contribution in [1.82, 2.24) is 4.98 Å². The average Bonchev–Trinajstić information content (AvgIpc) is 2.46. The fraction of sp³-hybridized carbons (Fsp3) is 0.643. The second kappa shape index (κ2) is 5.94. The average molecular weight is 251 g/mol. The summed E-state index contributed by atoms with van der Waals surface area (Å²) in [5.74, 6) is 2.47. The Kier molecular flexibility index (Phi) is 4.28. The van der Waals surface area contributed by atoms with Crippen molar-refractivity contribution in [1.29, 1.82) is 0 Å². The third-order valence-electron chi connectivity index (χ3n) is 3.60. The van der Waals surface area contributed by atoms with E-state index in [0.29, 0.717) is 17.4 Å². The molecule has 0 aromatic carbocycles. The lowest BCUT2D eigenvalue weighted by molar-refractivity contribution is 0.313. The first-order chi connectivity index (χ1) is 8.81. The molecule has 0 bridgehead atoms. The first-order valence-electron chi connectivity index (χ1n) is 6.46. The van der Waals surface area contributed by atoms with Gasteiger partial charge in [-0.3, -0.25) is 4.98 Å². The molecule has 2 rings (SSSR count). The van der Waals surface area contributed by atoms with Gasteiger partial charge in [0.2, 0.25) is 5.75 Å². The van der Waals surface area contributed by atoms with E-state index in [1.165, 1.54) is 32.1 Å². The molecule has 18 heavy (non-hydrogen) atoms. The molecule has 0 saturated heterocycles. The smallest absolute Gasteiger partial charge is 0.206 e. The summed E-state index contributed by atoms with van der Waals surface area (Å²) < 4.78 is 16.1. The highest BCUT2D eigenvalue weighted by Crippen LogP contribution is 2.44. The van der Waals surface area contributed by atoms with Crippen LogP contribution in [0.15, 0.2) is 6.20 Å². The van der Waals surface area contributed by atoms with E-state index in [-0.39, 0.29) is 0 Å².